The molecule has 2 rings (SSSR count). The maximum atomic E-state index is 9.11. The van der Waals surface area contributed by atoms with Gasteiger partial charge in [0.05, 0.1) is 5.56 Å². The van der Waals surface area contributed by atoms with Crippen LogP contribution in [0, 0.1) is 11.3 Å². The second-order valence-electron chi connectivity index (χ2n) is 4.53. The average Bonchev–Trinajstić information content (AvgIpc) is 2.46. The molecule has 0 bridgehead atoms. The third-order valence-electron chi connectivity index (χ3n) is 2.95. The summed E-state index contributed by atoms with van der Waals surface area (Å²) < 4.78 is 5.93. The summed E-state index contributed by atoms with van der Waals surface area (Å²) in [5.41, 5.74) is 7.30. The van der Waals surface area contributed by atoms with Crippen LogP contribution >= 0.6 is 11.6 Å². The molecule has 2 atom stereocenters. The zero-order valence-electron chi connectivity index (χ0n) is 11.1. The van der Waals surface area contributed by atoms with Crippen molar-refractivity contribution in [3.63, 3.8) is 0 Å². The van der Waals surface area contributed by atoms with E-state index in [1.807, 2.05) is 31.2 Å². The van der Waals surface area contributed by atoms with Gasteiger partial charge in [-0.2, -0.15) is 5.26 Å². The molecule has 2 aromatic carbocycles. The summed E-state index contributed by atoms with van der Waals surface area (Å²) in [5.74, 6) is 0.511. The molecular formula is C16H15ClN2O. The van der Waals surface area contributed by atoms with E-state index in [4.69, 9.17) is 27.3 Å². The minimum atomic E-state index is -0.404. The van der Waals surface area contributed by atoms with Gasteiger partial charge in [-0.15, -0.1) is 0 Å². The Kier molecular flexibility index (Phi) is 4.62. The Balaban J connectivity index is 2.37. The van der Waals surface area contributed by atoms with Crippen molar-refractivity contribution in [2.75, 3.05) is 0 Å². The Hall–Kier alpha value is -2.02. The smallest absolute Gasteiger partial charge is 0.140 e. The summed E-state index contributed by atoms with van der Waals surface area (Å²) in [7, 11) is 0. The molecule has 4 heteroatoms. The fraction of sp³-hybridized carbons (Fsp3) is 0.188. The number of halogens is 1. The number of nitriles is 1. The Labute approximate surface area is 123 Å². The van der Waals surface area contributed by atoms with Gasteiger partial charge < -0.3 is 10.5 Å². The minimum absolute atomic E-state index is 0.262. The Morgan fingerprint density at radius 3 is 2.45 bits per heavy atom. The summed E-state index contributed by atoms with van der Waals surface area (Å²) in [6.45, 7) is 1.85. The van der Waals surface area contributed by atoms with Gasteiger partial charge in [0, 0.05) is 16.6 Å². The predicted octanol–water partition coefficient (Wildman–Crippen LogP) is 3.68. The van der Waals surface area contributed by atoms with Crippen molar-refractivity contribution >= 4 is 11.6 Å². The first-order chi connectivity index (χ1) is 9.63. The Bertz CT molecular complexity index is 634. The highest BCUT2D eigenvalue weighted by Gasteiger charge is 2.21. The number of rotatable bonds is 4. The van der Waals surface area contributed by atoms with Gasteiger partial charge in [-0.25, -0.2) is 0 Å². The van der Waals surface area contributed by atoms with Gasteiger partial charge in [-0.3, -0.25) is 0 Å². The highest BCUT2D eigenvalue weighted by molar-refractivity contribution is 6.31. The monoisotopic (exact) mass is 286 g/mol. The summed E-state index contributed by atoms with van der Waals surface area (Å²) in [6.07, 6.45) is -0.404. The lowest BCUT2D eigenvalue weighted by molar-refractivity contribution is 0.180. The largest absolute Gasteiger partial charge is 0.483 e. The van der Waals surface area contributed by atoms with Crippen molar-refractivity contribution in [3.05, 3.63) is 64.7 Å². The zero-order chi connectivity index (χ0) is 14.5. The molecule has 0 radical (unpaired) electrons. The first-order valence-corrected chi connectivity index (χ1v) is 6.67. The van der Waals surface area contributed by atoms with Crippen LogP contribution < -0.4 is 10.5 Å². The SMILES string of the molecule is CC(N)C(Oc1ccccc1C#N)c1ccccc1Cl. The predicted molar refractivity (Wildman–Crippen MR) is 79.6 cm³/mol. The van der Waals surface area contributed by atoms with E-state index in [0.717, 1.165) is 5.56 Å². The van der Waals surface area contributed by atoms with Crippen LogP contribution in [-0.4, -0.2) is 6.04 Å². The van der Waals surface area contributed by atoms with Crippen molar-refractivity contribution in [3.8, 4) is 11.8 Å². The minimum Gasteiger partial charge on any atom is -0.483 e. The number of ether oxygens (including phenoxy) is 1. The molecule has 0 heterocycles. The van der Waals surface area contributed by atoms with E-state index in [0.29, 0.717) is 16.3 Å². The van der Waals surface area contributed by atoms with E-state index in [2.05, 4.69) is 6.07 Å². The van der Waals surface area contributed by atoms with Crippen molar-refractivity contribution in [1.82, 2.24) is 0 Å². The topological polar surface area (TPSA) is 59.0 Å². The van der Waals surface area contributed by atoms with Crippen LogP contribution in [0.2, 0.25) is 5.02 Å². The summed E-state index contributed by atoms with van der Waals surface area (Å²) in [4.78, 5) is 0. The zero-order valence-corrected chi connectivity index (χ0v) is 11.8. The maximum absolute atomic E-state index is 9.11. The number of benzene rings is 2. The standard InChI is InChI=1S/C16H15ClN2O/c1-11(19)16(13-7-3-4-8-14(13)17)20-15-9-5-2-6-12(15)10-18/h2-9,11,16H,19H2,1H3. The van der Waals surface area contributed by atoms with E-state index < -0.39 is 6.10 Å². The third kappa shape index (κ3) is 3.11. The van der Waals surface area contributed by atoms with Crippen LogP contribution in [0.1, 0.15) is 24.2 Å². The van der Waals surface area contributed by atoms with E-state index in [1.54, 1.807) is 24.3 Å². The molecule has 0 fully saturated rings. The number of nitrogens with zero attached hydrogens (tertiary/aromatic N) is 1. The molecule has 2 aromatic rings. The van der Waals surface area contributed by atoms with Crippen molar-refractivity contribution in [2.24, 2.45) is 5.73 Å². The van der Waals surface area contributed by atoms with Crippen LogP contribution in [0.4, 0.5) is 0 Å². The first kappa shape index (κ1) is 14.4. The quantitative estimate of drug-likeness (QED) is 0.933. The lowest BCUT2D eigenvalue weighted by Crippen LogP contribution is -2.29. The molecule has 0 saturated heterocycles. The number of hydrogen-bond acceptors (Lipinski definition) is 3. The van der Waals surface area contributed by atoms with Gasteiger partial charge in [0.1, 0.15) is 17.9 Å². The number of nitrogens with two attached hydrogens (primary N) is 1. The number of para-hydroxylation sites is 1. The number of hydrogen-bond donors (Lipinski definition) is 1. The highest BCUT2D eigenvalue weighted by atomic mass is 35.5. The molecule has 2 N–H and O–H groups in total. The first-order valence-electron chi connectivity index (χ1n) is 6.29. The molecule has 0 aromatic heterocycles. The van der Waals surface area contributed by atoms with Crippen LogP contribution in [0.5, 0.6) is 5.75 Å². The van der Waals surface area contributed by atoms with Gasteiger partial charge in [0.2, 0.25) is 0 Å². The van der Waals surface area contributed by atoms with Crippen LogP contribution in [0.15, 0.2) is 48.5 Å². The fourth-order valence-corrected chi connectivity index (χ4v) is 2.20. The Morgan fingerprint density at radius 1 is 1.15 bits per heavy atom. The summed E-state index contributed by atoms with van der Waals surface area (Å²) >= 11 is 6.20. The molecule has 0 spiro atoms. The second-order valence-corrected chi connectivity index (χ2v) is 4.93. The lowest BCUT2D eigenvalue weighted by atomic mass is 10.0. The van der Waals surface area contributed by atoms with Gasteiger partial charge in [0.25, 0.3) is 0 Å². The van der Waals surface area contributed by atoms with Gasteiger partial charge in [-0.05, 0) is 25.1 Å². The maximum Gasteiger partial charge on any atom is 0.140 e. The fourth-order valence-electron chi connectivity index (χ4n) is 1.96. The lowest BCUT2D eigenvalue weighted by Gasteiger charge is -2.24. The van der Waals surface area contributed by atoms with E-state index in [9.17, 15) is 0 Å². The molecule has 0 aliphatic carbocycles. The highest BCUT2D eigenvalue weighted by Crippen LogP contribution is 2.30. The van der Waals surface area contributed by atoms with Crippen LogP contribution in [0.3, 0.4) is 0 Å². The summed E-state index contributed by atoms with van der Waals surface area (Å²) in [5, 5.41) is 9.71. The van der Waals surface area contributed by atoms with Gasteiger partial charge in [0.15, 0.2) is 0 Å². The molecule has 3 nitrogen and oxygen atoms in total. The third-order valence-corrected chi connectivity index (χ3v) is 3.29. The van der Waals surface area contributed by atoms with Crippen LogP contribution in [0.25, 0.3) is 0 Å². The van der Waals surface area contributed by atoms with E-state index in [1.165, 1.54) is 0 Å². The average molecular weight is 287 g/mol. The molecule has 2 unspecified atom stereocenters. The molecule has 0 amide bonds. The normalized spacial score (nSPS) is 13.3. The van der Waals surface area contributed by atoms with Crippen molar-refractivity contribution in [1.29, 1.82) is 5.26 Å². The van der Waals surface area contributed by atoms with Crippen molar-refractivity contribution < 1.29 is 4.74 Å². The Morgan fingerprint density at radius 2 is 1.80 bits per heavy atom. The van der Waals surface area contributed by atoms with E-state index >= 15 is 0 Å². The second kappa shape index (κ2) is 6.42. The molecule has 102 valence electrons. The molecule has 0 aliphatic heterocycles. The van der Waals surface area contributed by atoms with Crippen LogP contribution in [-0.2, 0) is 0 Å². The molecular weight excluding hydrogens is 272 g/mol. The van der Waals surface area contributed by atoms with Crippen molar-refractivity contribution in [2.45, 2.75) is 19.1 Å². The molecule has 0 saturated carbocycles. The van der Waals surface area contributed by atoms with Gasteiger partial charge in [-0.1, -0.05) is 41.9 Å². The van der Waals surface area contributed by atoms with Gasteiger partial charge >= 0.3 is 0 Å². The molecule has 0 aliphatic rings. The summed E-state index contributed by atoms with van der Waals surface area (Å²) in [6, 6.07) is 16.3. The molecule has 20 heavy (non-hydrogen) atoms. The van der Waals surface area contributed by atoms with E-state index in [-0.39, 0.29) is 6.04 Å².